The molecule has 0 saturated carbocycles. The molecule has 0 spiro atoms. The van der Waals surface area contributed by atoms with Crippen molar-refractivity contribution >= 4 is 45.4 Å². The van der Waals surface area contributed by atoms with Crippen molar-refractivity contribution in [3.8, 4) is 0 Å². The number of carboxylic acids is 1. The molecule has 2 N–H and O–H groups in total. The number of hydrogen-bond acceptors (Lipinski definition) is 3. The highest BCUT2D eigenvalue weighted by atomic mass is 79.9. The number of halogens is 1. The molecule has 1 aliphatic rings. The number of nitrogens with zero attached hydrogens (tertiary/aromatic N) is 1. The third kappa shape index (κ3) is 3.71. The van der Waals surface area contributed by atoms with E-state index in [9.17, 15) is 14.7 Å². The van der Waals surface area contributed by atoms with Gasteiger partial charge in [-0.05, 0) is 30.2 Å². The fourth-order valence-corrected chi connectivity index (χ4v) is 3.95. The van der Waals surface area contributed by atoms with Crippen LogP contribution in [0.5, 0.6) is 0 Å². The number of benzene rings is 1. The average Bonchev–Trinajstić information content (AvgIpc) is 2.86. The van der Waals surface area contributed by atoms with Gasteiger partial charge >= 0.3 is 12.0 Å². The summed E-state index contributed by atoms with van der Waals surface area (Å²) in [5.74, 6) is -0.349. The van der Waals surface area contributed by atoms with Crippen molar-refractivity contribution in [1.29, 1.82) is 0 Å². The minimum Gasteiger partial charge on any atom is -0.480 e. The summed E-state index contributed by atoms with van der Waals surface area (Å²) < 4.78 is 0.917. The van der Waals surface area contributed by atoms with Crippen LogP contribution in [0.1, 0.15) is 13.8 Å². The quantitative estimate of drug-likeness (QED) is 0.851. The molecule has 2 atom stereocenters. The smallest absolute Gasteiger partial charge is 0.327 e. The summed E-state index contributed by atoms with van der Waals surface area (Å²) in [5, 5.41) is 11.9. The molecule has 1 heterocycles. The van der Waals surface area contributed by atoms with Crippen LogP contribution in [0.25, 0.3) is 0 Å². The summed E-state index contributed by atoms with van der Waals surface area (Å²) in [4.78, 5) is 25.2. The fourth-order valence-electron chi connectivity index (χ4n) is 2.21. The molecule has 2 rings (SSSR count). The Kier molecular flexibility index (Phi) is 5.16. The molecule has 2 amide bonds. The van der Waals surface area contributed by atoms with Crippen LogP contribution in [0.2, 0.25) is 0 Å². The minimum atomic E-state index is -0.961. The molecule has 0 aliphatic carbocycles. The maximum Gasteiger partial charge on any atom is 0.327 e. The van der Waals surface area contributed by atoms with Crippen LogP contribution in [0.4, 0.5) is 10.5 Å². The van der Waals surface area contributed by atoms with Gasteiger partial charge in [0.2, 0.25) is 0 Å². The van der Waals surface area contributed by atoms with Gasteiger partial charge in [-0.3, -0.25) is 4.90 Å². The Balaban J connectivity index is 2.16. The van der Waals surface area contributed by atoms with E-state index in [4.69, 9.17) is 0 Å². The molecule has 7 heteroatoms. The largest absolute Gasteiger partial charge is 0.480 e. The molecule has 1 fully saturated rings. The molecule has 1 saturated heterocycles. The van der Waals surface area contributed by atoms with Gasteiger partial charge in [-0.15, -0.1) is 11.8 Å². The van der Waals surface area contributed by atoms with E-state index in [0.29, 0.717) is 11.4 Å². The molecule has 1 aromatic rings. The highest BCUT2D eigenvalue weighted by Gasteiger charge is 2.42. The maximum atomic E-state index is 12.5. The summed E-state index contributed by atoms with van der Waals surface area (Å²) in [6, 6.07) is 6.04. The highest BCUT2D eigenvalue weighted by Crippen LogP contribution is 2.34. The van der Waals surface area contributed by atoms with Crippen LogP contribution in [0.3, 0.4) is 0 Å². The van der Waals surface area contributed by atoms with Crippen molar-refractivity contribution in [2.24, 2.45) is 5.92 Å². The third-order valence-electron chi connectivity index (χ3n) is 3.22. The van der Waals surface area contributed by atoms with Crippen LogP contribution in [-0.4, -0.2) is 39.2 Å². The van der Waals surface area contributed by atoms with Crippen molar-refractivity contribution in [3.05, 3.63) is 28.7 Å². The Morgan fingerprint density at radius 3 is 2.52 bits per heavy atom. The van der Waals surface area contributed by atoms with E-state index in [2.05, 4.69) is 21.2 Å². The second-order valence-electron chi connectivity index (χ2n) is 5.17. The number of aliphatic carboxylic acids is 1. The predicted octanol–water partition coefficient (Wildman–Crippen LogP) is 3.47. The summed E-state index contributed by atoms with van der Waals surface area (Å²) >= 11 is 4.84. The van der Waals surface area contributed by atoms with Gasteiger partial charge in [0.1, 0.15) is 6.04 Å². The Hall–Kier alpha value is -1.21. The van der Waals surface area contributed by atoms with Gasteiger partial charge in [0, 0.05) is 15.9 Å². The van der Waals surface area contributed by atoms with Crippen LogP contribution >= 0.6 is 27.7 Å². The number of amides is 2. The number of nitrogens with one attached hydrogen (secondary N) is 1. The molecule has 0 bridgehead atoms. The summed E-state index contributed by atoms with van der Waals surface area (Å²) in [6.07, 6.45) is 0. The second kappa shape index (κ2) is 6.70. The van der Waals surface area contributed by atoms with Crippen LogP contribution in [0.15, 0.2) is 28.7 Å². The van der Waals surface area contributed by atoms with Gasteiger partial charge in [-0.2, -0.15) is 0 Å². The van der Waals surface area contributed by atoms with Crippen molar-refractivity contribution < 1.29 is 14.7 Å². The molecule has 21 heavy (non-hydrogen) atoms. The molecule has 5 nitrogen and oxygen atoms in total. The molecule has 2 unspecified atom stereocenters. The number of urea groups is 1. The van der Waals surface area contributed by atoms with Gasteiger partial charge in [0.25, 0.3) is 0 Å². The predicted molar refractivity (Wildman–Crippen MR) is 87.5 cm³/mol. The second-order valence-corrected chi connectivity index (χ2v) is 7.23. The lowest BCUT2D eigenvalue weighted by Gasteiger charge is -2.29. The van der Waals surface area contributed by atoms with Crippen LogP contribution in [0, 0.1) is 5.92 Å². The number of carboxylic acid groups (broad SMARTS) is 1. The number of carbonyl (C=O) groups is 2. The number of anilines is 1. The normalized spacial score (nSPS) is 21.6. The first-order valence-electron chi connectivity index (χ1n) is 6.59. The third-order valence-corrected chi connectivity index (χ3v) is 5.37. The summed E-state index contributed by atoms with van der Waals surface area (Å²) in [7, 11) is 0. The van der Waals surface area contributed by atoms with E-state index in [-0.39, 0.29) is 17.3 Å². The fraction of sp³-hybridized carbons (Fsp3) is 0.429. The zero-order chi connectivity index (χ0) is 15.6. The van der Waals surface area contributed by atoms with Crippen LogP contribution < -0.4 is 5.32 Å². The van der Waals surface area contributed by atoms with E-state index < -0.39 is 12.0 Å². The summed E-state index contributed by atoms with van der Waals surface area (Å²) in [6.45, 7) is 3.98. The Morgan fingerprint density at radius 2 is 2.00 bits per heavy atom. The van der Waals surface area contributed by atoms with E-state index in [1.807, 2.05) is 26.0 Å². The molecule has 114 valence electrons. The molecule has 1 aromatic carbocycles. The van der Waals surface area contributed by atoms with Crippen LogP contribution in [-0.2, 0) is 4.79 Å². The number of rotatable bonds is 3. The Morgan fingerprint density at radius 1 is 1.38 bits per heavy atom. The number of hydrogen-bond donors (Lipinski definition) is 2. The van der Waals surface area contributed by atoms with E-state index in [1.165, 1.54) is 16.7 Å². The van der Waals surface area contributed by atoms with Gasteiger partial charge in [-0.25, -0.2) is 9.59 Å². The zero-order valence-corrected chi connectivity index (χ0v) is 14.1. The first-order valence-corrected chi connectivity index (χ1v) is 8.43. The number of carbonyl (C=O) groups excluding carboxylic acids is 1. The van der Waals surface area contributed by atoms with Gasteiger partial charge in [-0.1, -0.05) is 29.8 Å². The number of thioether (sulfide) groups is 1. The molecule has 1 aliphatic heterocycles. The minimum absolute atomic E-state index is 0.124. The van der Waals surface area contributed by atoms with Crippen molar-refractivity contribution in [2.75, 3.05) is 11.1 Å². The van der Waals surface area contributed by atoms with Crippen molar-refractivity contribution in [2.45, 2.75) is 25.3 Å². The molecule has 0 radical (unpaired) electrons. The average molecular weight is 373 g/mol. The van der Waals surface area contributed by atoms with E-state index >= 15 is 0 Å². The molecular formula is C14H17BrN2O3S. The Labute approximate surface area is 136 Å². The lowest BCUT2D eigenvalue weighted by atomic mass is 10.1. The standard InChI is InChI=1S/C14H17BrN2O3S/c1-8(2)12-17(11(7-21-12)13(18)19)14(20)16-10-5-3-9(15)4-6-10/h3-6,8,11-12H,7H2,1-2H3,(H,16,20)(H,18,19). The topological polar surface area (TPSA) is 69.6 Å². The Bertz CT molecular complexity index is 536. The SMILES string of the molecule is CC(C)C1SCC(C(=O)O)N1C(=O)Nc1ccc(Br)cc1. The van der Waals surface area contributed by atoms with E-state index in [1.54, 1.807) is 12.1 Å². The molecule has 0 aromatic heterocycles. The maximum absolute atomic E-state index is 12.5. The highest BCUT2D eigenvalue weighted by molar-refractivity contribution is 9.10. The monoisotopic (exact) mass is 372 g/mol. The lowest BCUT2D eigenvalue weighted by Crippen LogP contribution is -2.49. The lowest BCUT2D eigenvalue weighted by molar-refractivity contribution is -0.141. The van der Waals surface area contributed by atoms with Crippen molar-refractivity contribution in [3.63, 3.8) is 0 Å². The van der Waals surface area contributed by atoms with Gasteiger partial charge in [0.05, 0.1) is 5.37 Å². The first kappa shape index (κ1) is 16.2. The zero-order valence-electron chi connectivity index (χ0n) is 11.7. The van der Waals surface area contributed by atoms with E-state index in [0.717, 1.165) is 4.47 Å². The van der Waals surface area contributed by atoms with Crippen molar-refractivity contribution in [1.82, 2.24) is 4.90 Å². The van der Waals surface area contributed by atoms with Gasteiger partial charge in [0.15, 0.2) is 0 Å². The summed E-state index contributed by atoms with van der Waals surface area (Å²) in [5.41, 5.74) is 0.645. The van der Waals surface area contributed by atoms with Gasteiger partial charge < -0.3 is 10.4 Å². The first-order chi connectivity index (χ1) is 9.90. The molecular weight excluding hydrogens is 356 g/mol.